The number of para-hydroxylation sites is 2. The monoisotopic (exact) mass is 466 g/mol. The van der Waals surface area contributed by atoms with Gasteiger partial charge in [0.1, 0.15) is 6.54 Å². The third-order valence-corrected chi connectivity index (χ3v) is 6.54. The predicted molar refractivity (Wildman–Crippen MR) is 122 cm³/mol. The van der Waals surface area contributed by atoms with Crippen molar-refractivity contribution in [2.24, 2.45) is 0 Å². The van der Waals surface area contributed by atoms with E-state index in [9.17, 15) is 4.79 Å². The summed E-state index contributed by atoms with van der Waals surface area (Å²) in [5.41, 5.74) is 5.31. The fourth-order valence-corrected chi connectivity index (χ4v) is 4.28. The van der Waals surface area contributed by atoms with E-state index >= 15 is 0 Å². The third kappa shape index (κ3) is 4.71. The van der Waals surface area contributed by atoms with Crippen LogP contribution >= 0.6 is 27.7 Å². The van der Waals surface area contributed by atoms with Crippen molar-refractivity contribution in [3.63, 3.8) is 0 Å². The van der Waals surface area contributed by atoms with Gasteiger partial charge in [-0.25, -0.2) is 9.55 Å². The summed E-state index contributed by atoms with van der Waals surface area (Å²) in [5, 5.41) is 3.95. The largest absolute Gasteiger partial charge is 0.325 e. The normalized spacial score (nSPS) is 11.0. The maximum Gasteiger partial charge on any atom is 0.317 e. The molecule has 4 nitrogen and oxygen atoms in total. The van der Waals surface area contributed by atoms with Crippen LogP contribution in [0.4, 0.5) is 5.69 Å². The fourth-order valence-electron chi connectivity index (χ4n) is 3.20. The lowest BCUT2D eigenvalue weighted by atomic mass is 10.2. The molecule has 0 atom stereocenters. The van der Waals surface area contributed by atoms with Crippen LogP contribution in [0.1, 0.15) is 11.1 Å². The van der Waals surface area contributed by atoms with Crippen molar-refractivity contribution in [1.82, 2.24) is 4.98 Å². The Morgan fingerprint density at radius 3 is 2.62 bits per heavy atom. The zero-order chi connectivity index (χ0) is 20.2. The summed E-state index contributed by atoms with van der Waals surface area (Å²) >= 11 is 5.00. The standard InChI is InChI=1S/C23H20BrN3OS/c1-16-13-18(11-12-19(16)24)25-22(28)15-29-23-26-20-9-5-6-10-21(20)27(23)14-17-7-3-2-4-8-17/h2-13H,14-15H2,1H3,(H,25,28)/p+1. The number of carbonyl (C=O) groups is 1. The molecule has 29 heavy (non-hydrogen) atoms. The number of nitrogens with one attached hydrogen (secondary N) is 2. The maximum atomic E-state index is 12.5. The number of benzene rings is 3. The SMILES string of the molecule is Cc1cc(NC(=O)CSc2[nH]c3ccccc3[n+]2Cc2ccccc2)ccc1Br. The first kappa shape index (κ1) is 19.7. The molecular formula is C23H21BrN3OS+. The number of nitrogens with zero attached hydrogens (tertiary/aromatic N) is 1. The molecule has 0 saturated heterocycles. The topological polar surface area (TPSA) is 48.8 Å². The van der Waals surface area contributed by atoms with E-state index in [0.29, 0.717) is 5.75 Å². The average molecular weight is 467 g/mol. The van der Waals surface area contributed by atoms with Gasteiger partial charge in [0.05, 0.1) is 5.75 Å². The molecular weight excluding hydrogens is 446 g/mol. The van der Waals surface area contributed by atoms with Crippen LogP contribution < -0.4 is 9.88 Å². The van der Waals surface area contributed by atoms with Crippen LogP contribution in [0.3, 0.4) is 0 Å². The van der Waals surface area contributed by atoms with Crippen molar-refractivity contribution in [2.75, 3.05) is 11.1 Å². The van der Waals surface area contributed by atoms with Crippen molar-refractivity contribution in [3.8, 4) is 0 Å². The molecule has 0 unspecified atom stereocenters. The molecule has 0 fully saturated rings. The Morgan fingerprint density at radius 1 is 1.07 bits per heavy atom. The summed E-state index contributed by atoms with van der Waals surface area (Å²) < 4.78 is 3.26. The number of amides is 1. The number of hydrogen-bond acceptors (Lipinski definition) is 2. The molecule has 0 aliphatic carbocycles. The molecule has 0 radical (unpaired) electrons. The Kier molecular flexibility index (Phi) is 6.02. The summed E-state index contributed by atoms with van der Waals surface area (Å²) in [4.78, 5) is 16.0. The zero-order valence-corrected chi connectivity index (χ0v) is 18.4. The second-order valence-corrected chi connectivity index (χ2v) is 8.64. The van der Waals surface area contributed by atoms with Crippen LogP contribution in [0.25, 0.3) is 11.0 Å². The Morgan fingerprint density at radius 2 is 1.83 bits per heavy atom. The van der Waals surface area contributed by atoms with Crippen LogP contribution in [0, 0.1) is 6.92 Å². The molecule has 4 rings (SSSR count). The molecule has 146 valence electrons. The highest BCUT2D eigenvalue weighted by atomic mass is 79.9. The van der Waals surface area contributed by atoms with Crippen molar-refractivity contribution < 1.29 is 9.36 Å². The van der Waals surface area contributed by atoms with E-state index in [0.717, 1.165) is 38.5 Å². The minimum atomic E-state index is -0.0263. The number of anilines is 1. The summed E-state index contributed by atoms with van der Waals surface area (Å²) in [6.07, 6.45) is 0. The van der Waals surface area contributed by atoms with E-state index < -0.39 is 0 Å². The van der Waals surface area contributed by atoms with Crippen LogP contribution in [0.5, 0.6) is 0 Å². The van der Waals surface area contributed by atoms with Gasteiger partial charge in [-0.05, 0) is 60.1 Å². The molecule has 2 N–H and O–H groups in total. The number of fused-ring (bicyclic) bond motifs is 1. The smallest absolute Gasteiger partial charge is 0.317 e. The molecule has 6 heteroatoms. The first-order valence-electron chi connectivity index (χ1n) is 9.33. The van der Waals surface area contributed by atoms with Crippen LogP contribution in [0.2, 0.25) is 0 Å². The second kappa shape index (κ2) is 8.84. The lowest BCUT2D eigenvalue weighted by Crippen LogP contribution is -2.35. The number of rotatable bonds is 6. The van der Waals surface area contributed by atoms with Crippen molar-refractivity contribution in [3.05, 3.63) is 88.4 Å². The highest BCUT2D eigenvalue weighted by Gasteiger charge is 2.20. The van der Waals surface area contributed by atoms with Gasteiger partial charge in [0.25, 0.3) is 0 Å². The van der Waals surface area contributed by atoms with E-state index in [4.69, 9.17) is 0 Å². The predicted octanol–water partition coefficient (Wildman–Crippen LogP) is 5.31. The van der Waals surface area contributed by atoms with E-state index in [1.165, 1.54) is 17.3 Å². The Hall–Kier alpha value is -2.57. The highest BCUT2D eigenvalue weighted by Crippen LogP contribution is 2.22. The molecule has 1 aromatic heterocycles. The molecule has 0 bridgehead atoms. The third-order valence-electron chi connectivity index (χ3n) is 4.65. The van der Waals surface area contributed by atoms with Crippen molar-refractivity contribution in [2.45, 2.75) is 18.6 Å². The number of hydrogen-bond donors (Lipinski definition) is 2. The first-order chi connectivity index (χ1) is 14.1. The van der Waals surface area contributed by atoms with Gasteiger partial charge in [0.15, 0.2) is 11.0 Å². The molecule has 4 aromatic rings. The van der Waals surface area contributed by atoms with Gasteiger partial charge in [0, 0.05) is 10.2 Å². The lowest BCUT2D eigenvalue weighted by molar-refractivity contribution is -0.700. The summed E-state index contributed by atoms with van der Waals surface area (Å²) in [6.45, 7) is 2.76. The van der Waals surface area contributed by atoms with Gasteiger partial charge >= 0.3 is 5.16 Å². The van der Waals surface area contributed by atoms with Gasteiger partial charge in [-0.1, -0.05) is 58.4 Å². The molecule has 3 aromatic carbocycles. The summed E-state index contributed by atoms with van der Waals surface area (Å²) in [5.74, 6) is 0.304. The minimum Gasteiger partial charge on any atom is -0.325 e. The van der Waals surface area contributed by atoms with E-state index in [1.807, 2.05) is 55.5 Å². The number of H-pyrrole nitrogens is 1. The Labute approximate surface area is 182 Å². The van der Waals surface area contributed by atoms with Gasteiger partial charge in [-0.15, -0.1) is 0 Å². The molecule has 0 spiro atoms. The van der Waals surface area contributed by atoms with E-state index in [2.05, 4.69) is 55.1 Å². The van der Waals surface area contributed by atoms with Gasteiger partial charge in [-0.3, -0.25) is 4.79 Å². The zero-order valence-electron chi connectivity index (χ0n) is 16.0. The quantitative estimate of drug-likeness (QED) is 0.299. The molecule has 1 heterocycles. The summed E-state index contributed by atoms with van der Waals surface area (Å²) in [7, 11) is 0. The van der Waals surface area contributed by atoms with Gasteiger partial charge in [0.2, 0.25) is 5.91 Å². The number of aromatic nitrogens is 2. The van der Waals surface area contributed by atoms with E-state index in [-0.39, 0.29) is 5.91 Å². The molecule has 0 aliphatic rings. The fraction of sp³-hybridized carbons (Fsp3) is 0.130. The van der Waals surface area contributed by atoms with Crippen molar-refractivity contribution >= 4 is 50.3 Å². The number of thioether (sulfide) groups is 1. The average Bonchev–Trinajstić information content (AvgIpc) is 3.07. The highest BCUT2D eigenvalue weighted by molar-refractivity contribution is 9.10. The maximum absolute atomic E-state index is 12.5. The number of imidazole rings is 1. The van der Waals surface area contributed by atoms with Crippen LogP contribution in [-0.4, -0.2) is 16.6 Å². The molecule has 0 saturated carbocycles. The van der Waals surface area contributed by atoms with E-state index in [1.54, 1.807) is 0 Å². The number of carbonyl (C=O) groups excluding carboxylic acids is 1. The number of aromatic amines is 1. The van der Waals surface area contributed by atoms with Crippen LogP contribution in [-0.2, 0) is 11.3 Å². The van der Waals surface area contributed by atoms with Gasteiger partial charge < -0.3 is 5.32 Å². The van der Waals surface area contributed by atoms with Crippen molar-refractivity contribution in [1.29, 1.82) is 0 Å². The summed E-state index contributed by atoms with van der Waals surface area (Å²) in [6, 6.07) is 24.4. The second-order valence-electron chi connectivity index (χ2n) is 6.82. The molecule has 1 amide bonds. The Balaban J connectivity index is 1.52. The minimum absolute atomic E-state index is 0.0263. The van der Waals surface area contributed by atoms with Gasteiger partial charge in [-0.2, -0.15) is 0 Å². The first-order valence-corrected chi connectivity index (χ1v) is 11.1. The number of aryl methyl sites for hydroxylation is 1. The molecule has 0 aliphatic heterocycles. The lowest BCUT2D eigenvalue weighted by Gasteiger charge is -2.06. The Bertz CT molecular complexity index is 1160. The van der Waals surface area contributed by atoms with Crippen LogP contribution in [0.15, 0.2) is 82.4 Å². The number of halogens is 1.